The van der Waals surface area contributed by atoms with Crippen LogP contribution in [-0.2, 0) is 16.0 Å². The molecular formula is C14H18FNO3. The topological polar surface area (TPSA) is 57.6 Å². The van der Waals surface area contributed by atoms with Crippen molar-refractivity contribution < 1.29 is 19.1 Å². The molecule has 0 aliphatic rings. The predicted molar refractivity (Wildman–Crippen MR) is 69.2 cm³/mol. The smallest absolute Gasteiger partial charge is 0.316 e. The lowest BCUT2D eigenvalue weighted by Crippen LogP contribution is -2.37. The number of likely N-dealkylation sites (N-methyl/N-ethyl adjacent to an activating group) is 1. The zero-order valence-electron chi connectivity index (χ0n) is 11.1. The van der Waals surface area contributed by atoms with E-state index in [2.05, 4.69) is 0 Å². The largest absolute Gasteiger partial charge is 0.481 e. The van der Waals surface area contributed by atoms with Crippen molar-refractivity contribution in [2.24, 2.45) is 5.92 Å². The van der Waals surface area contributed by atoms with Gasteiger partial charge in [0.25, 0.3) is 0 Å². The molecular weight excluding hydrogens is 249 g/mol. The van der Waals surface area contributed by atoms with Crippen LogP contribution in [0.4, 0.5) is 4.39 Å². The summed E-state index contributed by atoms with van der Waals surface area (Å²) in [6.45, 7) is 1.95. The minimum Gasteiger partial charge on any atom is -0.481 e. The summed E-state index contributed by atoms with van der Waals surface area (Å²) < 4.78 is 13.4. The number of carbonyl (C=O) groups excluding carboxylic acids is 1. The summed E-state index contributed by atoms with van der Waals surface area (Å²) in [6.07, 6.45) is 0.614. The summed E-state index contributed by atoms with van der Waals surface area (Å²) >= 11 is 0. The maximum atomic E-state index is 13.4. The lowest BCUT2D eigenvalue weighted by atomic mass is 10.1. The van der Waals surface area contributed by atoms with Gasteiger partial charge in [-0.2, -0.15) is 0 Å². The lowest BCUT2D eigenvalue weighted by Gasteiger charge is -2.20. The number of aliphatic carboxylic acids is 1. The normalized spacial score (nSPS) is 11.9. The van der Waals surface area contributed by atoms with Crippen LogP contribution in [0.3, 0.4) is 0 Å². The number of halogens is 1. The highest BCUT2D eigenvalue weighted by Gasteiger charge is 2.26. The van der Waals surface area contributed by atoms with Gasteiger partial charge in [0, 0.05) is 13.6 Å². The molecule has 1 atom stereocenters. The second kappa shape index (κ2) is 6.87. The van der Waals surface area contributed by atoms with Crippen LogP contribution in [0.15, 0.2) is 24.3 Å². The summed E-state index contributed by atoms with van der Waals surface area (Å²) in [5, 5.41) is 8.91. The molecule has 104 valence electrons. The SMILES string of the molecule is CCC(C(=O)O)C(=O)N(C)CCc1ccccc1F. The number of nitrogens with zero attached hydrogens (tertiary/aromatic N) is 1. The molecule has 0 fully saturated rings. The fourth-order valence-corrected chi connectivity index (χ4v) is 1.82. The van der Waals surface area contributed by atoms with Crippen molar-refractivity contribution in [1.82, 2.24) is 4.90 Å². The standard InChI is InChI=1S/C14H18FNO3/c1-3-11(14(18)19)13(17)16(2)9-8-10-6-4-5-7-12(10)15/h4-7,11H,3,8-9H2,1-2H3,(H,18,19). The number of amides is 1. The van der Waals surface area contributed by atoms with Gasteiger partial charge in [0.2, 0.25) is 5.91 Å². The second-order valence-electron chi connectivity index (χ2n) is 4.40. The zero-order chi connectivity index (χ0) is 14.4. The van der Waals surface area contributed by atoms with Gasteiger partial charge in [-0.25, -0.2) is 4.39 Å². The van der Waals surface area contributed by atoms with E-state index in [1.807, 2.05) is 0 Å². The van der Waals surface area contributed by atoms with Crippen LogP contribution < -0.4 is 0 Å². The fraction of sp³-hybridized carbons (Fsp3) is 0.429. The van der Waals surface area contributed by atoms with Crippen LogP contribution in [0.5, 0.6) is 0 Å². The molecule has 0 radical (unpaired) electrons. The number of hydrogen-bond donors (Lipinski definition) is 1. The highest BCUT2D eigenvalue weighted by Crippen LogP contribution is 2.10. The van der Waals surface area contributed by atoms with Gasteiger partial charge in [0.05, 0.1) is 0 Å². The summed E-state index contributed by atoms with van der Waals surface area (Å²) in [5.74, 6) is -2.89. The second-order valence-corrected chi connectivity index (χ2v) is 4.40. The molecule has 5 heteroatoms. The van der Waals surface area contributed by atoms with Crippen molar-refractivity contribution in [3.8, 4) is 0 Å². The van der Waals surface area contributed by atoms with E-state index in [0.29, 0.717) is 18.5 Å². The van der Waals surface area contributed by atoms with Crippen LogP contribution in [0, 0.1) is 11.7 Å². The van der Waals surface area contributed by atoms with Gasteiger partial charge >= 0.3 is 5.97 Å². The van der Waals surface area contributed by atoms with E-state index in [9.17, 15) is 14.0 Å². The Bertz CT molecular complexity index is 462. The number of benzene rings is 1. The molecule has 1 amide bonds. The van der Waals surface area contributed by atoms with Crippen molar-refractivity contribution in [3.63, 3.8) is 0 Å². The molecule has 1 aromatic carbocycles. The first-order valence-corrected chi connectivity index (χ1v) is 6.18. The van der Waals surface area contributed by atoms with E-state index in [0.717, 1.165) is 0 Å². The molecule has 0 aliphatic carbocycles. The maximum Gasteiger partial charge on any atom is 0.316 e. The number of rotatable bonds is 6. The van der Waals surface area contributed by atoms with Crippen LogP contribution in [0.1, 0.15) is 18.9 Å². The molecule has 1 rings (SSSR count). The number of carboxylic acids is 1. The van der Waals surface area contributed by atoms with E-state index >= 15 is 0 Å². The van der Waals surface area contributed by atoms with Crippen LogP contribution in [0.25, 0.3) is 0 Å². The zero-order valence-corrected chi connectivity index (χ0v) is 11.1. The highest BCUT2D eigenvalue weighted by atomic mass is 19.1. The van der Waals surface area contributed by atoms with Crippen LogP contribution in [0.2, 0.25) is 0 Å². The molecule has 0 spiro atoms. The minimum atomic E-state index is -1.12. The first kappa shape index (κ1) is 15.1. The Kier molecular flexibility index (Phi) is 5.48. The molecule has 0 saturated heterocycles. The summed E-state index contributed by atoms with van der Waals surface area (Å²) in [6, 6.07) is 6.35. The average molecular weight is 267 g/mol. The molecule has 0 aliphatic heterocycles. The third-order valence-corrected chi connectivity index (χ3v) is 3.06. The first-order valence-electron chi connectivity index (χ1n) is 6.18. The molecule has 19 heavy (non-hydrogen) atoms. The molecule has 0 heterocycles. The molecule has 0 bridgehead atoms. The number of carbonyl (C=O) groups is 2. The van der Waals surface area contributed by atoms with Crippen molar-refractivity contribution in [1.29, 1.82) is 0 Å². The van der Waals surface area contributed by atoms with E-state index in [1.165, 1.54) is 18.0 Å². The monoisotopic (exact) mass is 267 g/mol. The van der Waals surface area contributed by atoms with Gasteiger partial charge < -0.3 is 10.0 Å². The Morgan fingerprint density at radius 1 is 1.37 bits per heavy atom. The Balaban J connectivity index is 2.60. The number of carboxylic acid groups (broad SMARTS) is 1. The quantitative estimate of drug-likeness (QED) is 0.801. The van der Waals surface area contributed by atoms with E-state index in [1.54, 1.807) is 25.1 Å². The first-order chi connectivity index (χ1) is 8.97. The van der Waals surface area contributed by atoms with E-state index in [4.69, 9.17) is 5.11 Å². The predicted octanol–water partition coefficient (Wildman–Crippen LogP) is 1.94. The van der Waals surface area contributed by atoms with Crippen LogP contribution >= 0.6 is 0 Å². The Hall–Kier alpha value is -1.91. The maximum absolute atomic E-state index is 13.4. The van der Waals surface area contributed by atoms with Gasteiger partial charge in [-0.15, -0.1) is 0 Å². The molecule has 0 saturated carbocycles. The van der Waals surface area contributed by atoms with E-state index in [-0.39, 0.29) is 12.2 Å². The fourth-order valence-electron chi connectivity index (χ4n) is 1.82. The Morgan fingerprint density at radius 2 is 2.00 bits per heavy atom. The third kappa shape index (κ3) is 4.05. The van der Waals surface area contributed by atoms with Crippen LogP contribution in [-0.4, -0.2) is 35.5 Å². The number of hydrogen-bond acceptors (Lipinski definition) is 2. The average Bonchev–Trinajstić information content (AvgIpc) is 2.37. The Labute approximate surface area is 111 Å². The minimum absolute atomic E-state index is 0.248. The van der Waals surface area contributed by atoms with Gasteiger partial charge in [0.15, 0.2) is 0 Å². The van der Waals surface area contributed by atoms with Crippen molar-refractivity contribution >= 4 is 11.9 Å². The third-order valence-electron chi connectivity index (χ3n) is 3.06. The molecule has 4 nitrogen and oxygen atoms in total. The van der Waals surface area contributed by atoms with Gasteiger partial charge in [-0.1, -0.05) is 25.1 Å². The molecule has 0 aromatic heterocycles. The highest BCUT2D eigenvalue weighted by molar-refractivity contribution is 5.96. The summed E-state index contributed by atoms with van der Waals surface area (Å²) in [4.78, 5) is 24.1. The Morgan fingerprint density at radius 3 is 2.53 bits per heavy atom. The van der Waals surface area contributed by atoms with Gasteiger partial charge in [-0.05, 0) is 24.5 Å². The lowest BCUT2D eigenvalue weighted by molar-refractivity contribution is -0.150. The van der Waals surface area contributed by atoms with Crippen molar-refractivity contribution in [2.75, 3.05) is 13.6 Å². The van der Waals surface area contributed by atoms with Gasteiger partial charge in [0.1, 0.15) is 11.7 Å². The molecule has 1 aromatic rings. The summed E-state index contributed by atoms with van der Waals surface area (Å²) in [5.41, 5.74) is 0.519. The van der Waals surface area contributed by atoms with Crippen molar-refractivity contribution in [3.05, 3.63) is 35.6 Å². The van der Waals surface area contributed by atoms with Crippen molar-refractivity contribution in [2.45, 2.75) is 19.8 Å². The molecule has 1 N–H and O–H groups in total. The van der Waals surface area contributed by atoms with Gasteiger partial charge in [-0.3, -0.25) is 9.59 Å². The molecule has 1 unspecified atom stereocenters. The van der Waals surface area contributed by atoms with E-state index < -0.39 is 17.8 Å². The summed E-state index contributed by atoms with van der Waals surface area (Å²) in [7, 11) is 1.54.